The number of rotatable bonds is 5. The summed E-state index contributed by atoms with van der Waals surface area (Å²) in [6.07, 6.45) is 0. The Morgan fingerprint density at radius 3 is 2.82 bits per heavy atom. The van der Waals surface area contributed by atoms with Gasteiger partial charge in [0.2, 0.25) is 0 Å². The molecule has 116 valence electrons. The highest BCUT2D eigenvalue weighted by molar-refractivity contribution is 7.71. The molecule has 1 aromatic carbocycles. The predicted molar refractivity (Wildman–Crippen MR) is 89.0 cm³/mol. The van der Waals surface area contributed by atoms with Gasteiger partial charge >= 0.3 is 0 Å². The highest BCUT2D eigenvalue weighted by atomic mass is 32.1. The van der Waals surface area contributed by atoms with Gasteiger partial charge in [0.25, 0.3) is 0 Å². The molecule has 6 nitrogen and oxygen atoms in total. The summed E-state index contributed by atoms with van der Waals surface area (Å²) in [5, 5.41) is 14.6. The lowest BCUT2D eigenvalue weighted by molar-refractivity contribution is 0.238. The molecular weight excluding hydrogens is 318 g/mol. The lowest BCUT2D eigenvalue weighted by Gasteiger charge is -2.14. The molecule has 3 aromatic rings. The third kappa shape index (κ3) is 2.95. The van der Waals surface area contributed by atoms with Crippen LogP contribution in [0, 0.1) is 4.77 Å². The SMILES string of the molecule is CN(Cc1nc2ccccc2s1)Cn1nc(CO)n(C)c1=S. The quantitative estimate of drug-likeness (QED) is 0.724. The fraction of sp³-hybridized carbons (Fsp3) is 0.357. The van der Waals surface area contributed by atoms with Crippen LogP contribution in [0.4, 0.5) is 0 Å². The number of hydrogen-bond donors (Lipinski definition) is 1. The molecule has 22 heavy (non-hydrogen) atoms. The maximum Gasteiger partial charge on any atom is 0.198 e. The Morgan fingerprint density at radius 1 is 1.36 bits per heavy atom. The monoisotopic (exact) mass is 335 g/mol. The van der Waals surface area contributed by atoms with Gasteiger partial charge < -0.3 is 9.67 Å². The first-order valence-corrected chi connectivity index (χ1v) is 8.07. The van der Waals surface area contributed by atoms with E-state index in [0.717, 1.165) is 17.1 Å². The Balaban J connectivity index is 1.74. The predicted octanol–water partition coefficient (Wildman–Crippen LogP) is 2.14. The highest BCUT2D eigenvalue weighted by Gasteiger charge is 2.10. The second kappa shape index (κ2) is 6.25. The zero-order valence-corrected chi connectivity index (χ0v) is 14.1. The first-order valence-electron chi connectivity index (χ1n) is 6.85. The minimum absolute atomic E-state index is 0.116. The van der Waals surface area contributed by atoms with Crippen molar-refractivity contribution >= 4 is 33.8 Å². The van der Waals surface area contributed by atoms with Crippen LogP contribution in [0.1, 0.15) is 10.8 Å². The molecular formula is C14H17N5OS2. The molecule has 0 amide bonds. The van der Waals surface area contributed by atoms with Gasteiger partial charge in [-0.3, -0.25) is 4.90 Å². The number of hydrogen-bond acceptors (Lipinski definition) is 6. The number of aliphatic hydroxyl groups is 1. The first kappa shape index (κ1) is 15.3. The zero-order chi connectivity index (χ0) is 15.7. The van der Waals surface area contributed by atoms with E-state index in [1.807, 2.05) is 32.3 Å². The van der Waals surface area contributed by atoms with Gasteiger partial charge in [-0.1, -0.05) is 12.1 Å². The molecule has 0 atom stereocenters. The summed E-state index contributed by atoms with van der Waals surface area (Å²) in [6.45, 7) is 1.17. The largest absolute Gasteiger partial charge is 0.388 e. The maximum atomic E-state index is 9.24. The average Bonchev–Trinajstić information content (AvgIpc) is 3.02. The van der Waals surface area contributed by atoms with Crippen molar-refractivity contribution in [1.29, 1.82) is 0 Å². The molecule has 3 rings (SSSR count). The Morgan fingerprint density at radius 2 is 2.14 bits per heavy atom. The smallest absolute Gasteiger partial charge is 0.198 e. The van der Waals surface area contributed by atoms with E-state index >= 15 is 0 Å². The summed E-state index contributed by atoms with van der Waals surface area (Å²) in [5.41, 5.74) is 1.04. The minimum atomic E-state index is -0.116. The van der Waals surface area contributed by atoms with Crippen LogP contribution in [0.3, 0.4) is 0 Å². The van der Waals surface area contributed by atoms with Crippen LogP contribution in [-0.4, -0.2) is 36.4 Å². The van der Waals surface area contributed by atoms with Crippen molar-refractivity contribution in [2.24, 2.45) is 7.05 Å². The Bertz CT molecular complexity index is 817. The fourth-order valence-electron chi connectivity index (χ4n) is 2.26. The molecule has 0 aliphatic rings. The summed E-state index contributed by atoms with van der Waals surface area (Å²) in [4.78, 5) is 6.73. The number of aromatic nitrogens is 4. The van der Waals surface area contributed by atoms with E-state index in [9.17, 15) is 5.11 Å². The van der Waals surface area contributed by atoms with E-state index < -0.39 is 0 Å². The van der Waals surface area contributed by atoms with E-state index in [-0.39, 0.29) is 6.61 Å². The van der Waals surface area contributed by atoms with Gasteiger partial charge in [-0.2, -0.15) is 5.10 Å². The number of fused-ring (bicyclic) bond motifs is 1. The summed E-state index contributed by atoms with van der Waals surface area (Å²) in [5.74, 6) is 0.568. The maximum absolute atomic E-state index is 9.24. The Hall–Kier alpha value is -1.61. The van der Waals surface area contributed by atoms with Crippen molar-refractivity contribution in [2.75, 3.05) is 7.05 Å². The lowest BCUT2D eigenvalue weighted by Crippen LogP contribution is -2.22. The zero-order valence-electron chi connectivity index (χ0n) is 12.4. The summed E-state index contributed by atoms with van der Waals surface area (Å²) < 4.78 is 5.23. The molecule has 0 saturated heterocycles. The van der Waals surface area contributed by atoms with Crippen molar-refractivity contribution < 1.29 is 5.11 Å². The first-order chi connectivity index (χ1) is 10.6. The molecule has 0 bridgehead atoms. The standard InChI is InChI=1S/C14H17N5OS2/c1-17(9-19-14(21)18(2)12(8-20)16-19)7-13-15-10-5-3-4-6-11(10)22-13/h3-6,20H,7-9H2,1-2H3. The van der Waals surface area contributed by atoms with Crippen molar-refractivity contribution in [1.82, 2.24) is 24.2 Å². The molecule has 2 aromatic heterocycles. The minimum Gasteiger partial charge on any atom is -0.388 e. The second-order valence-corrected chi connectivity index (χ2v) is 6.63. The van der Waals surface area contributed by atoms with Crippen molar-refractivity contribution in [3.8, 4) is 0 Å². The van der Waals surface area contributed by atoms with Crippen LogP contribution in [0.5, 0.6) is 0 Å². The molecule has 0 aliphatic heterocycles. The van der Waals surface area contributed by atoms with Crippen LogP contribution in [0.25, 0.3) is 10.2 Å². The van der Waals surface area contributed by atoms with Crippen LogP contribution in [0.2, 0.25) is 0 Å². The van der Waals surface area contributed by atoms with E-state index in [0.29, 0.717) is 17.3 Å². The molecule has 8 heteroatoms. The number of aliphatic hydroxyl groups excluding tert-OH is 1. The van der Waals surface area contributed by atoms with Gasteiger partial charge in [0.15, 0.2) is 10.6 Å². The molecule has 0 radical (unpaired) electrons. The van der Waals surface area contributed by atoms with Crippen LogP contribution in [0.15, 0.2) is 24.3 Å². The van der Waals surface area contributed by atoms with Crippen LogP contribution >= 0.6 is 23.6 Å². The summed E-state index contributed by atoms with van der Waals surface area (Å²) in [7, 11) is 3.81. The molecule has 0 saturated carbocycles. The van der Waals surface area contributed by atoms with Crippen LogP contribution < -0.4 is 0 Å². The lowest BCUT2D eigenvalue weighted by atomic mass is 10.3. The number of nitrogens with zero attached hydrogens (tertiary/aromatic N) is 5. The van der Waals surface area contributed by atoms with Gasteiger partial charge in [-0.25, -0.2) is 9.67 Å². The summed E-state index contributed by atoms with van der Waals surface area (Å²) in [6, 6.07) is 8.13. The molecule has 2 heterocycles. The topological polar surface area (TPSA) is 59.1 Å². The number of benzene rings is 1. The fourth-order valence-corrected chi connectivity index (χ4v) is 3.51. The Kier molecular flexibility index (Phi) is 4.34. The molecule has 0 aliphatic carbocycles. The van der Waals surface area contributed by atoms with Gasteiger partial charge in [-0.15, -0.1) is 11.3 Å². The van der Waals surface area contributed by atoms with E-state index in [1.54, 1.807) is 20.6 Å². The number of para-hydroxylation sites is 1. The third-order valence-electron chi connectivity index (χ3n) is 3.39. The third-order valence-corrected chi connectivity index (χ3v) is 4.90. The molecule has 1 N–H and O–H groups in total. The van der Waals surface area contributed by atoms with Gasteiger partial charge in [0.05, 0.1) is 23.4 Å². The normalized spacial score (nSPS) is 11.6. The molecule has 0 unspecified atom stereocenters. The van der Waals surface area contributed by atoms with Gasteiger partial charge in [0.1, 0.15) is 11.6 Å². The van der Waals surface area contributed by atoms with E-state index in [2.05, 4.69) is 21.0 Å². The Labute approximate surface area is 137 Å². The highest BCUT2D eigenvalue weighted by Crippen LogP contribution is 2.22. The van der Waals surface area contributed by atoms with Crippen molar-refractivity contribution in [3.63, 3.8) is 0 Å². The van der Waals surface area contributed by atoms with Gasteiger partial charge in [0, 0.05) is 7.05 Å². The van der Waals surface area contributed by atoms with Crippen LogP contribution in [-0.2, 0) is 26.9 Å². The summed E-state index contributed by atoms with van der Waals surface area (Å²) >= 11 is 7.03. The number of thiazole rings is 1. The molecule has 0 fully saturated rings. The van der Waals surface area contributed by atoms with Crippen molar-refractivity contribution in [3.05, 3.63) is 39.9 Å². The molecule has 0 spiro atoms. The van der Waals surface area contributed by atoms with E-state index in [4.69, 9.17) is 12.2 Å². The average molecular weight is 335 g/mol. The second-order valence-electron chi connectivity index (χ2n) is 5.15. The van der Waals surface area contributed by atoms with Gasteiger partial charge in [-0.05, 0) is 31.4 Å². The van der Waals surface area contributed by atoms with Crippen molar-refractivity contribution in [2.45, 2.75) is 19.8 Å². The van der Waals surface area contributed by atoms with E-state index in [1.165, 1.54) is 4.70 Å².